The molecule has 1 rings (SSSR count). The first-order valence-corrected chi connectivity index (χ1v) is 5.43. The lowest BCUT2D eigenvalue weighted by Gasteiger charge is -2.10. The Balaban J connectivity index is 3.29. The summed E-state index contributed by atoms with van der Waals surface area (Å²) in [6, 6.07) is 3.63. The van der Waals surface area contributed by atoms with Crippen LogP contribution in [0.15, 0.2) is 27.7 Å². The SMILES string of the molecule is NC(CCl)=Nc1ccc(Br)cc1C(F)(F)F. The molecule has 0 saturated carbocycles. The summed E-state index contributed by atoms with van der Waals surface area (Å²) in [6.45, 7) is 0. The number of halogens is 5. The molecule has 0 radical (unpaired) electrons. The Hall–Kier alpha value is -0.750. The quantitative estimate of drug-likeness (QED) is 0.504. The third-order valence-electron chi connectivity index (χ3n) is 1.66. The molecule has 0 aliphatic rings. The van der Waals surface area contributed by atoms with Crippen LogP contribution in [-0.2, 0) is 6.18 Å². The van der Waals surface area contributed by atoms with E-state index >= 15 is 0 Å². The van der Waals surface area contributed by atoms with Crippen molar-refractivity contribution < 1.29 is 13.2 Å². The summed E-state index contributed by atoms with van der Waals surface area (Å²) in [4.78, 5) is 3.61. The van der Waals surface area contributed by atoms with Gasteiger partial charge in [0.05, 0.1) is 17.1 Å². The molecule has 7 heteroatoms. The number of nitrogens with two attached hydrogens (primary N) is 1. The molecule has 0 amide bonds. The first-order valence-electron chi connectivity index (χ1n) is 4.10. The third-order valence-corrected chi connectivity index (χ3v) is 2.43. The van der Waals surface area contributed by atoms with Crippen molar-refractivity contribution in [1.29, 1.82) is 0 Å². The number of benzene rings is 1. The lowest BCUT2D eigenvalue weighted by Crippen LogP contribution is -2.13. The molecule has 1 aromatic rings. The first-order chi connectivity index (χ1) is 7.34. The highest BCUT2D eigenvalue weighted by Gasteiger charge is 2.33. The van der Waals surface area contributed by atoms with Crippen molar-refractivity contribution in [3.8, 4) is 0 Å². The molecule has 0 atom stereocenters. The summed E-state index contributed by atoms with van der Waals surface area (Å²) >= 11 is 8.32. The molecule has 2 N–H and O–H groups in total. The maximum absolute atomic E-state index is 12.6. The lowest BCUT2D eigenvalue weighted by atomic mass is 10.2. The summed E-state index contributed by atoms with van der Waals surface area (Å²) in [5.74, 6) is -0.178. The van der Waals surface area contributed by atoms with Gasteiger partial charge in [0.25, 0.3) is 0 Å². The maximum atomic E-state index is 12.6. The van der Waals surface area contributed by atoms with E-state index < -0.39 is 11.7 Å². The van der Waals surface area contributed by atoms with E-state index in [0.717, 1.165) is 6.07 Å². The smallest absolute Gasteiger partial charge is 0.386 e. The predicted octanol–water partition coefficient (Wildman–Crippen LogP) is 3.70. The molecule has 0 bridgehead atoms. The largest absolute Gasteiger partial charge is 0.418 e. The molecule has 1 aromatic carbocycles. The van der Waals surface area contributed by atoms with Crippen molar-refractivity contribution in [2.45, 2.75) is 6.18 Å². The molecule has 2 nitrogen and oxygen atoms in total. The normalized spacial score (nSPS) is 12.9. The maximum Gasteiger partial charge on any atom is 0.418 e. The molecule has 0 saturated heterocycles. The molecule has 16 heavy (non-hydrogen) atoms. The minimum atomic E-state index is -4.48. The Morgan fingerprint density at radius 1 is 1.44 bits per heavy atom. The first kappa shape index (κ1) is 13.3. The standard InChI is InChI=1S/C9H7BrClF3N2/c10-5-1-2-7(16-8(15)4-11)6(3-5)9(12,13)14/h1-3H,4H2,(H2,15,16). The van der Waals surface area contributed by atoms with Gasteiger partial charge in [-0.1, -0.05) is 15.9 Å². The molecule has 0 unspecified atom stereocenters. The predicted molar refractivity (Wildman–Crippen MR) is 61.1 cm³/mol. The Bertz CT molecular complexity index is 418. The molecule has 88 valence electrons. The fraction of sp³-hybridized carbons (Fsp3) is 0.222. The average molecular weight is 316 g/mol. The molecule has 0 spiro atoms. The van der Waals surface area contributed by atoms with Crippen LogP contribution in [0, 0.1) is 0 Å². The molecule has 0 aromatic heterocycles. The Labute approximate surface area is 103 Å². The van der Waals surface area contributed by atoms with Crippen molar-refractivity contribution in [2.75, 3.05) is 5.88 Å². The van der Waals surface area contributed by atoms with Crippen LogP contribution in [0.3, 0.4) is 0 Å². The van der Waals surface area contributed by atoms with Gasteiger partial charge < -0.3 is 5.73 Å². The van der Waals surface area contributed by atoms with E-state index in [1.807, 2.05) is 0 Å². The number of hydrogen-bond acceptors (Lipinski definition) is 1. The summed E-state index contributed by atoms with van der Waals surface area (Å²) in [7, 11) is 0. The van der Waals surface area contributed by atoms with Gasteiger partial charge in [-0.25, -0.2) is 4.99 Å². The van der Waals surface area contributed by atoms with Gasteiger partial charge in [0.2, 0.25) is 0 Å². The van der Waals surface area contributed by atoms with Gasteiger partial charge in [0, 0.05) is 4.47 Å². The van der Waals surface area contributed by atoms with E-state index in [4.69, 9.17) is 17.3 Å². The summed E-state index contributed by atoms with van der Waals surface area (Å²) in [5.41, 5.74) is 4.20. The van der Waals surface area contributed by atoms with Gasteiger partial charge in [-0.3, -0.25) is 0 Å². The second-order valence-electron chi connectivity index (χ2n) is 2.90. The van der Waals surface area contributed by atoms with Gasteiger partial charge in [-0.2, -0.15) is 13.2 Å². The summed E-state index contributed by atoms with van der Waals surface area (Å²) < 4.78 is 38.2. The van der Waals surface area contributed by atoms with Crippen LogP contribution >= 0.6 is 27.5 Å². The van der Waals surface area contributed by atoms with Crippen LogP contribution < -0.4 is 5.73 Å². The molecule has 0 aliphatic carbocycles. The molecular weight excluding hydrogens is 308 g/mol. The van der Waals surface area contributed by atoms with Gasteiger partial charge in [-0.05, 0) is 18.2 Å². The van der Waals surface area contributed by atoms with Gasteiger partial charge >= 0.3 is 6.18 Å². The lowest BCUT2D eigenvalue weighted by molar-refractivity contribution is -0.137. The highest BCUT2D eigenvalue weighted by molar-refractivity contribution is 9.10. The molecule has 0 heterocycles. The summed E-state index contributed by atoms with van der Waals surface area (Å²) in [6.07, 6.45) is -4.48. The van der Waals surface area contributed by atoms with Crippen LogP contribution in [0.25, 0.3) is 0 Å². The molecule has 0 fully saturated rings. The molecular formula is C9H7BrClF3N2. The highest BCUT2D eigenvalue weighted by Crippen LogP contribution is 2.37. The minimum absolute atomic E-state index is 0.0607. The van der Waals surface area contributed by atoms with E-state index in [-0.39, 0.29) is 17.4 Å². The van der Waals surface area contributed by atoms with Gasteiger partial charge in [-0.15, -0.1) is 11.6 Å². The number of rotatable bonds is 2. The Morgan fingerprint density at radius 3 is 2.56 bits per heavy atom. The van der Waals surface area contributed by atoms with Gasteiger partial charge in [0.1, 0.15) is 5.84 Å². The fourth-order valence-corrected chi connectivity index (χ4v) is 1.44. The number of nitrogens with zero attached hydrogens (tertiary/aromatic N) is 1. The van der Waals surface area contributed by atoms with Crippen LogP contribution in [0.5, 0.6) is 0 Å². The highest BCUT2D eigenvalue weighted by atomic mass is 79.9. The zero-order valence-electron chi connectivity index (χ0n) is 7.85. The fourth-order valence-electron chi connectivity index (χ4n) is 1.02. The van der Waals surface area contributed by atoms with Crippen molar-refractivity contribution in [2.24, 2.45) is 10.7 Å². The second kappa shape index (κ2) is 5.05. The Morgan fingerprint density at radius 2 is 2.06 bits per heavy atom. The number of aliphatic imine (C=N–C) groups is 1. The van der Waals surface area contributed by atoms with Gasteiger partial charge in [0.15, 0.2) is 0 Å². The van der Waals surface area contributed by atoms with Crippen molar-refractivity contribution >= 4 is 39.1 Å². The van der Waals surface area contributed by atoms with Crippen molar-refractivity contribution in [3.63, 3.8) is 0 Å². The van der Waals surface area contributed by atoms with E-state index in [1.165, 1.54) is 12.1 Å². The number of alkyl halides is 4. The number of amidine groups is 1. The van der Waals surface area contributed by atoms with E-state index in [1.54, 1.807) is 0 Å². The summed E-state index contributed by atoms with van der Waals surface area (Å²) in [5, 5.41) is 0. The third kappa shape index (κ3) is 3.38. The van der Waals surface area contributed by atoms with E-state index in [2.05, 4.69) is 20.9 Å². The zero-order chi connectivity index (χ0) is 12.3. The minimum Gasteiger partial charge on any atom is -0.386 e. The van der Waals surface area contributed by atoms with Crippen molar-refractivity contribution in [1.82, 2.24) is 0 Å². The van der Waals surface area contributed by atoms with Crippen LogP contribution in [-0.4, -0.2) is 11.7 Å². The Kier molecular flexibility index (Phi) is 4.21. The monoisotopic (exact) mass is 314 g/mol. The average Bonchev–Trinajstić information content (AvgIpc) is 2.19. The van der Waals surface area contributed by atoms with E-state index in [9.17, 15) is 13.2 Å². The van der Waals surface area contributed by atoms with E-state index in [0.29, 0.717) is 4.47 Å². The topological polar surface area (TPSA) is 38.4 Å². The molecule has 0 aliphatic heterocycles. The zero-order valence-corrected chi connectivity index (χ0v) is 10.2. The van der Waals surface area contributed by atoms with Crippen molar-refractivity contribution in [3.05, 3.63) is 28.2 Å². The van der Waals surface area contributed by atoms with Crippen LogP contribution in [0.4, 0.5) is 18.9 Å². The van der Waals surface area contributed by atoms with Crippen LogP contribution in [0.2, 0.25) is 0 Å². The second-order valence-corrected chi connectivity index (χ2v) is 4.08. The number of hydrogen-bond donors (Lipinski definition) is 1. The van der Waals surface area contributed by atoms with Crippen LogP contribution in [0.1, 0.15) is 5.56 Å².